The minimum Gasteiger partial charge on any atom is -0.373 e. The smallest absolute Gasteiger partial charge is 0.219 e. The molecule has 1 fully saturated rings. The molecule has 26 heavy (non-hydrogen) atoms. The highest BCUT2D eigenvalue weighted by Gasteiger charge is 2.29. The molecule has 2 aromatic rings. The molecular formula is C21H23F2NO2. The van der Waals surface area contributed by atoms with Crippen molar-refractivity contribution in [3.63, 3.8) is 0 Å². The molecule has 0 bridgehead atoms. The summed E-state index contributed by atoms with van der Waals surface area (Å²) in [4.78, 5) is 13.7. The zero-order chi connectivity index (χ0) is 18.7. The molecule has 1 aliphatic rings. The number of carbonyl (C=O) groups is 1. The first-order chi connectivity index (χ1) is 12.5. The van der Waals surface area contributed by atoms with Crippen LogP contribution in [0.15, 0.2) is 42.5 Å². The van der Waals surface area contributed by atoms with Crippen molar-refractivity contribution in [3.05, 3.63) is 59.7 Å². The number of amides is 1. The number of hydrogen-bond donors (Lipinski definition) is 0. The van der Waals surface area contributed by atoms with E-state index >= 15 is 0 Å². The van der Waals surface area contributed by atoms with Crippen LogP contribution in [0.1, 0.15) is 38.4 Å². The van der Waals surface area contributed by atoms with Gasteiger partial charge in [-0.15, -0.1) is 0 Å². The molecule has 0 radical (unpaired) electrons. The van der Waals surface area contributed by atoms with E-state index in [4.69, 9.17) is 4.74 Å². The van der Waals surface area contributed by atoms with Gasteiger partial charge in [0.2, 0.25) is 5.91 Å². The number of hydrogen-bond acceptors (Lipinski definition) is 2. The number of rotatable bonds is 4. The minimum absolute atomic E-state index is 0.0714. The lowest BCUT2D eigenvalue weighted by atomic mass is 9.94. The first kappa shape index (κ1) is 18.5. The molecule has 0 saturated carbocycles. The van der Waals surface area contributed by atoms with E-state index in [0.29, 0.717) is 25.1 Å². The van der Waals surface area contributed by atoms with E-state index in [1.165, 1.54) is 12.1 Å². The predicted molar refractivity (Wildman–Crippen MR) is 96.6 cm³/mol. The fourth-order valence-corrected chi connectivity index (χ4v) is 3.67. The maximum atomic E-state index is 13.5. The molecule has 1 saturated heterocycles. The highest BCUT2D eigenvalue weighted by Crippen LogP contribution is 2.33. The van der Waals surface area contributed by atoms with E-state index in [-0.39, 0.29) is 18.1 Å². The van der Waals surface area contributed by atoms with Gasteiger partial charge in [-0.2, -0.15) is 0 Å². The van der Waals surface area contributed by atoms with Gasteiger partial charge >= 0.3 is 0 Å². The summed E-state index contributed by atoms with van der Waals surface area (Å²) in [5, 5.41) is 0. The Morgan fingerprint density at radius 2 is 1.88 bits per heavy atom. The van der Waals surface area contributed by atoms with Crippen molar-refractivity contribution in [2.45, 2.75) is 38.8 Å². The third kappa shape index (κ3) is 4.10. The van der Waals surface area contributed by atoms with Gasteiger partial charge in [0, 0.05) is 32.2 Å². The molecule has 0 spiro atoms. The number of nitrogens with zero attached hydrogens (tertiary/aromatic N) is 1. The molecule has 2 aromatic carbocycles. The summed E-state index contributed by atoms with van der Waals surface area (Å²) < 4.78 is 33.0. The van der Waals surface area contributed by atoms with E-state index in [0.717, 1.165) is 23.6 Å². The molecule has 2 atom stereocenters. The number of carbonyl (C=O) groups excluding carboxylic acids is 1. The molecule has 3 rings (SSSR count). The SMILES string of the molecule is CCN(C(C)=O)[C@H]1CCO[C@@H](c2cccc(-c3cc(F)cc(F)c3)c2)C1. The number of halogens is 2. The Morgan fingerprint density at radius 3 is 2.54 bits per heavy atom. The standard InChI is InChI=1S/C21H23F2NO2/c1-3-24(14(2)25)20-7-8-26-21(13-20)16-6-4-5-15(9-16)17-10-18(22)12-19(23)11-17/h4-6,9-12,20-21H,3,7-8,13H2,1-2H3/t20-,21+/m0/s1. The van der Waals surface area contributed by atoms with E-state index < -0.39 is 11.6 Å². The summed E-state index contributed by atoms with van der Waals surface area (Å²) >= 11 is 0. The summed E-state index contributed by atoms with van der Waals surface area (Å²) in [5.41, 5.74) is 2.19. The first-order valence-corrected chi connectivity index (χ1v) is 8.93. The Labute approximate surface area is 152 Å². The van der Waals surface area contributed by atoms with Crippen molar-refractivity contribution in [1.82, 2.24) is 4.90 Å². The second-order valence-electron chi connectivity index (χ2n) is 6.63. The van der Waals surface area contributed by atoms with Crippen LogP contribution in [0.3, 0.4) is 0 Å². The lowest BCUT2D eigenvalue weighted by Crippen LogP contribution is -2.42. The Bertz CT molecular complexity index is 773. The fourth-order valence-electron chi connectivity index (χ4n) is 3.67. The van der Waals surface area contributed by atoms with Gasteiger partial charge in [0.25, 0.3) is 0 Å². The summed E-state index contributed by atoms with van der Waals surface area (Å²) in [6, 6.07) is 11.2. The number of ether oxygens (including phenoxy) is 1. The van der Waals surface area contributed by atoms with Crippen LogP contribution in [0.5, 0.6) is 0 Å². The molecule has 0 aromatic heterocycles. The lowest BCUT2D eigenvalue weighted by Gasteiger charge is -2.37. The van der Waals surface area contributed by atoms with Crippen molar-refractivity contribution >= 4 is 5.91 Å². The second kappa shape index (κ2) is 7.96. The first-order valence-electron chi connectivity index (χ1n) is 8.93. The van der Waals surface area contributed by atoms with Gasteiger partial charge in [-0.3, -0.25) is 4.79 Å². The molecule has 1 heterocycles. The average Bonchev–Trinajstić information content (AvgIpc) is 2.61. The second-order valence-corrected chi connectivity index (χ2v) is 6.63. The van der Waals surface area contributed by atoms with Gasteiger partial charge < -0.3 is 9.64 Å². The third-order valence-electron chi connectivity index (χ3n) is 4.90. The van der Waals surface area contributed by atoms with Crippen molar-refractivity contribution in [3.8, 4) is 11.1 Å². The molecule has 1 amide bonds. The van der Waals surface area contributed by atoms with Gasteiger partial charge in [0.05, 0.1) is 6.10 Å². The van der Waals surface area contributed by atoms with Crippen molar-refractivity contribution in [1.29, 1.82) is 0 Å². The zero-order valence-electron chi connectivity index (χ0n) is 15.0. The Kier molecular flexibility index (Phi) is 5.67. The molecule has 5 heteroatoms. The molecule has 138 valence electrons. The topological polar surface area (TPSA) is 29.5 Å². The van der Waals surface area contributed by atoms with Gasteiger partial charge in [0.1, 0.15) is 11.6 Å². The van der Waals surface area contributed by atoms with E-state index in [1.807, 2.05) is 36.1 Å². The maximum absolute atomic E-state index is 13.5. The van der Waals surface area contributed by atoms with Crippen LogP contribution in [0.4, 0.5) is 8.78 Å². The van der Waals surface area contributed by atoms with Crippen LogP contribution in [-0.2, 0) is 9.53 Å². The largest absolute Gasteiger partial charge is 0.373 e. The van der Waals surface area contributed by atoms with Crippen molar-refractivity contribution < 1.29 is 18.3 Å². The third-order valence-corrected chi connectivity index (χ3v) is 4.90. The van der Waals surface area contributed by atoms with Gasteiger partial charge in [0.15, 0.2) is 0 Å². The van der Waals surface area contributed by atoms with Crippen LogP contribution >= 0.6 is 0 Å². The molecule has 1 aliphatic heterocycles. The fraction of sp³-hybridized carbons (Fsp3) is 0.381. The highest BCUT2D eigenvalue weighted by atomic mass is 19.1. The molecule has 0 unspecified atom stereocenters. The predicted octanol–water partition coefficient (Wildman–Crippen LogP) is 4.72. The minimum atomic E-state index is -0.598. The Hall–Kier alpha value is -2.27. The Morgan fingerprint density at radius 1 is 1.15 bits per heavy atom. The highest BCUT2D eigenvalue weighted by molar-refractivity contribution is 5.73. The van der Waals surface area contributed by atoms with Crippen LogP contribution in [0, 0.1) is 11.6 Å². The monoisotopic (exact) mass is 359 g/mol. The number of benzene rings is 2. The summed E-state index contributed by atoms with van der Waals surface area (Å²) in [5.74, 6) is -1.12. The quantitative estimate of drug-likeness (QED) is 0.790. The van der Waals surface area contributed by atoms with E-state index in [2.05, 4.69) is 0 Å². The molecule has 3 nitrogen and oxygen atoms in total. The van der Waals surface area contributed by atoms with E-state index in [9.17, 15) is 13.6 Å². The normalized spacial score (nSPS) is 20.0. The molecule has 0 aliphatic carbocycles. The van der Waals surface area contributed by atoms with Crippen LogP contribution < -0.4 is 0 Å². The lowest BCUT2D eigenvalue weighted by molar-refractivity contribution is -0.134. The Balaban J connectivity index is 1.84. The van der Waals surface area contributed by atoms with Gasteiger partial charge in [-0.05, 0) is 54.7 Å². The van der Waals surface area contributed by atoms with Crippen LogP contribution in [-0.4, -0.2) is 30.0 Å². The summed E-state index contributed by atoms with van der Waals surface area (Å²) in [7, 11) is 0. The average molecular weight is 359 g/mol. The summed E-state index contributed by atoms with van der Waals surface area (Å²) in [6.45, 7) is 4.82. The summed E-state index contributed by atoms with van der Waals surface area (Å²) in [6.07, 6.45) is 1.40. The molecular weight excluding hydrogens is 336 g/mol. The maximum Gasteiger partial charge on any atom is 0.219 e. The van der Waals surface area contributed by atoms with Crippen LogP contribution in [0.2, 0.25) is 0 Å². The van der Waals surface area contributed by atoms with Crippen molar-refractivity contribution in [2.75, 3.05) is 13.2 Å². The molecule has 0 N–H and O–H groups in total. The van der Waals surface area contributed by atoms with E-state index in [1.54, 1.807) is 6.92 Å². The van der Waals surface area contributed by atoms with Crippen LogP contribution in [0.25, 0.3) is 11.1 Å². The van der Waals surface area contributed by atoms with Crippen molar-refractivity contribution in [2.24, 2.45) is 0 Å². The van der Waals surface area contributed by atoms with Gasteiger partial charge in [-0.1, -0.05) is 18.2 Å². The van der Waals surface area contributed by atoms with Gasteiger partial charge in [-0.25, -0.2) is 8.78 Å². The zero-order valence-corrected chi connectivity index (χ0v) is 15.0.